The predicted molar refractivity (Wildman–Crippen MR) is 121 cm³/mol. The lowest BCUT2D eigenvalue weighted by atomic mass is 9.94. The third kappa shape index (κ3) is 3.53. The van der Waals surface area contributed by atoms with Crippen molar-refractivity contribution in [1.29, 1.82) is 0 Å². The number of aromatic amines is 1. The second-order valence-corrected chi connectivity index (χ2v) is 7.93. The van der Waals surface area contributed by atoms with Gasteiger partial charge in [-0.15, -0.1) is 0 Å². The van der Waals surface area contributed by atoms with E-state index in [-0.39, 0.29) is 6.04 Å². The minimum Gasteiger partial charge on any atom is -0.497 e. The molecule has 1 aromatic heterocycles. The molecule has 1 unspecified atom stereocenters. The van der Waals surface area contributed by atoms with Crippen LogP contribution in [0.3, 0.4) is 0 Å². The number of hydrogen-bond donors (Lipinski definition) is 2. The van der Waals surface area contributed by atoms with E-state index in [0.29, 0.717) is 11.6 Å². The first-order chi connectivity index (χ1) is 14.7. The van der Waals surface area contributed by atoms with Gasteiger partial charge in [0.25, 0.3) is 0 Å². The molecule has 2 heterocycles. The van der Waals surface area contributed by atoms with Gasteiger partial charge in [-0.25, -0.2) is 0 Å². The third-order valence-electron chi connectivity index (χ3n) is 5.69. The Hall–Kier alpha value is -2.95. The fourth-order valence-electron chi connectivity index (χ4n) is 4.17. The zero-order chi connectivity index (χ0) is 20.5. The van der Waals surface area contributed by atoms with Crippen LogP contribution < -0.4 is 14.8 Å². The number of hydrogen-bond acceptors (Lipinski definition) is 3. The molecule has 0 saturated carbocycles. The van der Waals surface area contributed by atoms with Gasteiger partial charge in [-0.05, 0) is 53.4 Å². The second-order valence-electron chi connectivity index (χ2n) is 7.52. The smallest absolute Gasteiger partial charge is 0.120 e. The van der Waals surface area contributed by atoms with Crippen molar-refractivity contribution in [3.05, 3.63) is 94.1 Å². The minimum absolute atomic E-state index is 0.0215. The Morgan fingerprint density at radius 2 is 1.83 bits per heavy atom. The standard InChI is InChI=1S/C25H23ClN2O2/c1-29-17-7-9-20(22(26)14-17)24-25-19(11-12-27-24)21-13-18(8-10-23(21)28-25)30-15-16-5-3-2-4-6-16/h2-10,13-14,24,27-28H,11-12,15H2,1H3. The van der Waals surface area contributed by atoms with Gasteiger partial charge < -0.3 is 19.8 Å². The SMILES string of the molecule is COc1ccc(C2NCCc3c2[nH]c2ccc(OCc4ccccc4)cc32)c(Cl)c1. The van der Waals surface area contributed by atoms with Gasteiger partial charge in [-0.2, -0.15) is 0 Å². The Kier molecular flexibility index (Phi) is 5.11. The topological polar surface area (TPSA) is 46.3 Å². The number of H-pyrrole nitrogens is 1. The number of benzene rings is 3. The summed E-state index contributed by atoms with van der Waals surface area (Å²) < 4.78 is 11.3. The molecule has 0 aliphatic carbocycles. The Labute approximate surface area is 180 Å². The molecule has 1 aliphatic heterocycles. The first-order valence-electron chi connectivity index (χ1n) is 10.1. The molecule has 5 heteroatoms. The molecule has 4 aromatic rings. The summed E-state index contributed by atoms with van der Waals surface area (Å²) in [5, 5.41) is 5.52. The zero-order valence-electron chi connectivity index (χ0n) is 16.7. The highest BCUT2D eigenvalue weighted by Crippen LogP contribution is 2.38. The summed E-state index contributed by atoms with van der Waals surface area (Å²) in [6.07, 6.45) is 0.960. The second kappa shape index (κ2) is 8.05. The maximum atomic E-state index is 6.58. The van der Waals surface area contributed by atoms with Crippen LogP contribution in [0.5, 0.6) is 11.5 Å². The molecule has 30 heavy (non-hydrogen) atoms. The lowest BCUT2D eigenvalue weighted by molar-refractivity contribution is 0.306. The number of rotatable bonds is 5. The van der Waals surface area contributed by atoms with E-state index in [0.717, 1.165) is 41.1 Å². The highest BCUT2D eigenvalue weighted by Gasteiger charge is 2.27. The van der Waals surface area contributed by atoms with Crippen LogP contribution in [-0.4, -0.2) is 18.6 Å². The molecule has 0 fully saturated rings. The molecule has 0 spiro atoms. The van der Waals surface area contributed by atoms with Gasteiger partial charge in [0, 0.05) is 28.2 Å². The van der Waals surface area contributed by atoms with Gasteiger partial charge in [0.05, 0.1) is 13.2 Å². The van der Waals surface area contributed by atoms with Gasteiger partial charge >= 0.3 is 0 Å². The van der Waals surface area contributed by atoms with Crippen LogP contribution in [0.2, 0.25) is 5.02 Å². The highest BCUT2D eigenvalue weighted by atomic mass is 35.5. The van der Waals surface area contributed by atoms with E-state index in [2.05, 4.69) is 34.6 Å². The Balaban J connectivity index is 1.47. The van der Waals surface area contributed by atoms with Gasteiger partial charge in [-0.3, -0.25) is 0 Å². The lowest BCUT2D eigenvalue weighted by Gasteiger charge is -2.25. The molecule has 5 rings (SSSR count). The molecule has 0 amide bonds. The zero-order valence-corrected chi connectivity index (χ0v) is 17.5. The molecule has 0 bridgehead atoms. The first kappa shape index (κ1) is 19.0. The van der Waals surface area contributed by atoms with Gasteiger partial charge in [-0.1, -0.05) is 48.0 Å². The van der Waals surface area contributed by atoms with Gasteiger partial charge in [0.15, 0.2) is 0 Å². The summed E-state index contributed by atoms with van der Waals surface area (Å²) in [6.45, 7) is 1.45. The number of nitrogens with one attached hydrogen (secondary N) is 2. The van der Waals surface area contributed by atoms with E-state index < -0.39 is 0 Å². The summed E-state index contributed by atoms with van der Waals surface area (Å²) in [7, 11) is 1.65. The van der Waals surface area contributed by atoms with Crippen molar-refractivity contribution in [3.63, 3.8) is 0 Å². The quantitative estimate of drug-likeness (QED) is 0.440. The van der Waals surface area contributed by atoms with E-state index >= 15 is 0 Å². The highest BCUT2D eigenvalue weighted by molar-refractivity contribution is 6.31. The number of halogens is 1. The largest absolute Gasteiger partial charge is 0.497 e. The van der Waals surface area contributed by atoms with Crippen LogP contribution in [-0.2, 0) is 13.0 Å². The summed E-state index contributed by atoms with van der Waals surface area (Å²) in [4.78, 5) is 3.61. The summed E-state index contributed by atoms with van der Waals surface area (Å²) in [5.74, 6) is 1.64. The van der Waals surface area contributed by atoms with Gasteiger partial charge in [0.2, 0.25) is 0 Å². The lowest BCUT2D eigenvalue weighted by Crippen LogP contribution is -2.30. The number of fused-ring (bicyclic) bond motifs is 3. The Bertz CT molecular complexity index is 1190. The summed E-state index contributed by atoms with van der Waals surface area (Å²) in [5.41, 5.74) is 5.82. The molecule has 152 valence electrons. The van der Waals surface area contributed by atoms with Crippen molar-refractivity contribution in [2.45, 2.75) is 19.1 Å². The first-order valence-corrected chi connectivity index (χ1v) is 10.5. The monoisotopic (exact) mass is 418 g/mol. The predicted octanol–water partition coefficient (Wildman–Crippen LogP) is 5.64. The van der Waals surface area contributed by atoms with E-state index in [1.54, 1.807) is 7.11 Å². The normalized spacial score (nSPS) is 15.7. The molecule has 1 atom stereocenters. The van der Waals surface area contributed by atoms with Crippen molar-refractivity contribution in [3.8, 4) is 11.5 Å². The molecule has 3 aromatic carbocycles. The van der Waals surface area contributed by atoms with Crippen LogP contribution in [0, 0.1) is 0 Å². The van der Waals surface area contributed by atoms with E-state index in [1.807, 2.05) is 42.5 Å². The fourth-order valence-corrected chi connectivity index (χ4v) is 4.45. The molecule has 2 N–H and O–H groups in total. The molecular weight excluding hydrogens is 396 g/mol. The number of ether oxygens (including phenoxy) is 2. The van der Waals surface area contributed by atoms with Crippen LogP contribution in [0.15, 0.2) is 66.7 Å². The minimum atomic E-state index is 0.0215. The third-order valence-corrected chi connectivity index (χ3v) is 6.02. The molecule has 0 radical (unpaired) electrons. The average molecular weight is 419 g/mol. The van der Waals surface area contributed by atoms with Crippen LogP contribution >= 0.6 is 11.6 Å². The van der Waals surface area contributed by atoms with E-state index in [4.69, 9.17) is 21.1 Å². The maximum Gasteiger partial charge on any atom is 0.120 e. The fraction of sp³-hybridized carbons (Fsp3) is 0.200. The van der Waals surface area contributed by atoms with Crippen LogP contribution in [0.25, 0.3) is 10.9 Å². The number of aromatic nitrogens is 1. The van der Waals surface area contributed by atoms with Crippen LogP contribution in [0.1, 0.15) is 28.4 Å². The van der Waals surface area contributed by atoms with Gasteiger partial charge in [0.1, 0.15) is 18.1 Å². The molecular formula is C25H23ClN2O2. The van der Waals surface area contributed by atoms with Crippen molar-refractivity contribution >= 4 is 22.5 Å². The Morgan fingerprint density at radius 1 is 1.00 bits per heavy atom. The molecule has 1 aliphatic rings. The molecule has 4 nitrogen and oxygen atoms in total. The molecule has 0 saturated heterocycles. The Morgan fingerprint density at radius 3 is 2.63 bits per heavy atom. The van der Waals surface area contributed by atoms with Crippen molar-refractivity contribution in [2.24, 2.45) is 0 Å². The maximum absolute atomic E-state index is 6.58. The summed E-state index contributed by atoms with van der Waals surface area (Å²) in [6, 6.07) is 22.4. The number of methoxy groups -OCH3 is 1. The van der Waals surface area contributed by atoms with Crippen molar-refractivity contribution in [1.82, 2.24) is 10.3 Å². The summed E-state index contributed by atoms with van der Waals surface area (Å²) >= 11 is 6.58. The van der Waals surface area contributed by atoms with Crippen molar-refractivity contribution < 1.29 is 9.47 Å². The average Bonchev–Trinajstić information content (AvgIpc) is 3.16. The van der Waals surface area contributed by atoms with Crippen molar-refractivity contribution in [2.75, 3.05) is 13.7 Å². The van der Waals surface area contributed by atoms with E-state index in [1.165, 1.54) is 16.6 Å². The van der Waals surface area contributed by atoms with Crippen LogP contribution in [0.4, 0.5) is 0 Å². The van der Waals surface area contributed by atoms with E-state index in [9.17, 15) is 0 Å².